The monoisotopic (exact) mass is 280 g/mol. The molecule has 1 saturated heterocycles. The zero-order valence-corrected chi connectivity index (χ0v) is 11.4. The van der Waals surface area contributed by atoms with Gasteiger partial charge in [-0.3, -0.25) is 0 Å². The lowest BCUT2D eigenvalue weighted by Crippen LogP contribution is -2.59. The van der Waals surface area contributed by atoms with Gasteiger partial charge in [0.15, 0.2) is 6.29 Å². The summed E-state index contributed by atoms with van der Waals surface area (Å²) in [5.41, 5.74) is -0.937. The first-order valence-electron chi connectivity index (χ1n) is 6.34. The van der Waals surface area contributed by atoms with Crippen LogP contribution in [0.25, 0.3) is 0 Å². The maximum atomic E-state index is 9.76. The molecule has 0 aromatic carbocycles. The van der Waals surface area contributed by atoms with Crippen LogP contribution < -0.4 is 0 Å². The summed E-state index contributed by atoms with van der Waals surface area (Å²) < 4.78 is 10.6. The Morgan fingerprint density at radius 3 is 2.21 bits per heavy atom. The molecule has 0 amide bonds. The van der Waals surface area contributed by atoms with Crippen molar-refractivity contribution in [3.8, 4) is 0 Å². The van der Waals surface area contributed by atoms with Crippen LogP contribution in [0.3, 0.4) is 0 Å². The second kappa shape index (κ2) is 6.45. The predicted octanol–water partition coefficient (Wildman–Crippen LogP) is -1.65. The van der Waals surface area contributed by atoms with E-state index in [2.05, 4.69) is 0 Å². The fourth-order valence-electron chi connectivity index (χ4n) is 2.16. The number of ether oxygens (including phenoxy) is 2. The fourth-order valence-corrected chi connectivity index (χ4v) is 2.16. The lowest BCUT2D eigenvalue weighted by Gasteiger charge is -2.40. The van der Waals surface area contributed by atoms with E-state index in [1.165, 1.54) is 0 Å². The third kappa shape index (κ3) is 4.64. The van der Waals surface area contributed by atoms with E-state index in [4.69, 9.17) is 14.6 Å². The van der Waals surface area contributed by atoms with Gasteiger partial charge in [0.1, 0.15) is 24.4 Å². The molecule has 7 nitrogen and oxygen atoms in total. The average Bonchev–Trinajstić information content (AvgIpc) is 2.27. The van der Waals surface area contributed by atoms with Crippen molar-refractivity contribution in [2.45, 2.75) is 69.6 Å². The van der Waals surface area contributed by atoms with Crippen LogP contribution in [-0.4, -0.2) is 74.6 Å². The van der Waals surface area contributed by atoms with E-state index in [0.717, 1.165) is 0 Å². The topological polar surface area (TPSA) is 120 Å². The van der Waals surface area contributed by atoms with Crippen molar-refractivity contribution < 1.29 is 35.0 Å². The first kappa shape index (κ1) is 16.8. The Bertz CT molecular complexity index is 276. The minimum Gasteiger partial charge on any atom is -0.394 e. The van der Waals surface area contributed by atoms with E-state index >= 15 is 0 Å². The Labute approximate surface area is 112 Å². The Hall–Kier alpha value is -0.280. The SMILES string of the molecule is CC(CC(C)(C)O)O[C@@H]1O[C@H](CO)[C@H](O)[C@H](O)[C@H]1O. The van der Waals surface area contributed by atoms with Crippen molar-refractivity contribution in [1.82, 2.24) is 0 Å². The lowest BCUT2D eigenvalue weighted by atomic mass is 9.98. The molecule has 0 bridgehead atoms. The molecule has 1 heterocycles. The van der Waals surface area contributed by atoms with Crippen molar-refractivity contribution in [3.05, 3.63) is 0 Å². The van der Waals surface area contributed by atoms with Gasteiger partial charge in [0.2, 0.25) is 0 Å². The first-order valence-corrected chi connectivity index (χ1v) is 6.34. The van der Waals surface area contributed by atoms with Crippen molar-refractivity contribution in [2.24, 2.45) is 0 Å². The van der Waals surface area contributed by atoms with Gasteiger partial charge in [-0.25, -0.2) is 0 Å². The normalized spacial score (nSPS) is 38.2. The zero-order chi connectivity index (χ0) is 14.8. The standard InChI is InChI=1S/C12H24O7/c1-6(4-12(2,3)17)18-11-10(16)9(15)8(14)7(5-13)19-11/h6-11,13-17H,4-5H2,1-3H3/t6?,7-,8+,9+,10-,11-/m1/s1. The van der Waals surface area contributed by atoms with Gasteiger partial charge in [-0.05, 0) is 20.8 Å². The minimum atomic E-state index is -1.45. The second-order valence-corrected chi connectivity index (χ2v) is 5.66. The lowest BCUT2D eigenvalue weighted by molar-refractivity contribution is -0.311. The van der Waals surface area contributed by atoms with Crippen LogP contribution in [0.2, 0.25) is 0 Å². The van der Waals surface area contributed by atoms with Crippen LogP contribution in [0.5, 0.6) is 0 Å². The molecule has 0 spiro atoms. The summed E-state index contributed by atoms with van der Waals surface area (Å²) in [4.78, 5) is 0. The van der Waals surface area contributed by atoms with Crippen molar-refractivity contribution >= 4 is 0 Å². The number of hydrogen-bond donors (Lipinski definition) is 5. The number of hydrogen-bond acceptors (Lipinski definition) is 7. The molecule has 0 aliphatic carbocycles. The quantitative estimate of drug-likeness (QED) is 0.409. The Morgan fingerprint density at radius 2 is 1.74 bits per heavy atom. The molecular formula is C12H24O7. The molecule has 5 N–H and O–H groups in total. The third-order valence-corrected chi connectivity index (χ3v) is 3.00. The predicted molar refractivity (Wildman–Crippen MR) is 65.2 cm³/mol. The summed E-state index contributed by atoms with van der Waals surface area (Å²) in [7, 11) is 0. The zero-order valence-electron chi connectivity index (χ0n) is 11.4. The highest BCUT2D eigenvalue weighted by Gasteiger charge is 2.44. The van der Waals surface area contributed by atoms with Crippen LogP contribution >= 0.6 is 0 Å². The van der Waals surface area contributed by atoms with E-state index in [1.54, 1.807) is 20.8 Å². The molecule has 1 fully saturated rings. The molecule has 6 atom stereocenters. The van der Waals surface area contributed by atoms with Crippen LogP contribution in [0, 0.1) is 0 Å². The van der Waals surface area contributed by atoms with E-state index in [9.17, 15) is 20.4 Å². The van der Waals surface area contributed by atoms with Gasteiger partial charge in [0, 0.05) is 6.42 Å². The van der Waals surface area contributed by atoms with Gasteiger partial charge in [0.05, 0.1) is 18.3 Å². The molecule has 0 aromatic heterocycles. The molecule has 1 unspecified atom stereocenters. The van der Waals surface area contributed by atoms with Crippen LogP contribution in [0.1, 0.15) is 27.2 Å². The molecule has 1 aliphatic heterocycles. The van der Waals surface area contributed by atoms with Gasteiger partial charge in [-0.1, -0.05) is 0 Å². The maximum absolute atomic E-state index is 9.76. The molecule has 7 heteroatoms. The van der Waals surface area contributed by atoms with Gasteiger partial charge < -0.3 is 35.0 Å². The van der Waals surface area contributed by atoms with Crippen LogP contribution in [0.4, 0.5) is 0 Å². The molecule has 0 saturated carbocycles. The molecule has 114 valence electrons. The number of rotatable bonds is 5. The number of aliphatic hydroxyl groups excluding tert-OH is 4. The molecular weight excluding hydrogens is 256 g/mol. The van der Waals surface area contributed by atoms with E-state index in [-0.39, 0.29) is 0 Å². The van der Waals surface area contributed by atoms with Gasteiger partial charge in [-0.2, -0.15) is 0 Å². The van der Waals surface area contributed by atoms with Gasteiger partial charge >= 0.3 is 0 Å². The molecule has 1 aliphatic rings. The fraction of sp³-hybridized carbons (Fsp3) is 1.00. The summed E-state index contributed by atoms with van der Waals surface area (Å²) >= 11 is 0. The summed E-state index contributed by atoms with van der Waals surface area (Å²) in [5.74, 6) is 0. The number of aliphatic hydroxyl groups is 5. The van der Waals surface area contributed by atoms with Crippen molar-refractivity contribution in [3.63, 3.8) is 0 Å². The summed E-state index contributed by atoms with van der Waals surface area (Å²) in [5, 5.41) is 47.7. The summed E-state index contributed by atoms with van der Waals surface area (Å²) in [6.45, 7) is 4.45. The van der Waals surface area contributed by atoms with Gasteiger partial charge in [0.25, 0.3) is 0 Å². The molecule has 0 aromatic rings. The van der Waals surface area contributed by atoms with Crippen molar-refractivity contribution in [2.75, 3.05) is 6.61 Å². The molecule has 19 heavy (non-hydrogen) atoms. The van der Waals surface area contributed by atoms with Crippen LogP contribution in [-0.2, 0) is 9.47 Å². The van der Waals surface area contributed by atoms with E-state index in [0.29, 0.717) is 6.42 Å². The highest BCUT2D eigenvalue weighted by molar-refractivity contribution is 4.89. The Morgan fingerprint density at radius 1 is 1.16 bits per heavy atom. The average molecular weight is 280 g/mol. The first-order chi connectivity index (χ1) is 8.65. The summed E-state index contributed by atoms with van der Waals surface area (Å²) in [6.07, 6.45) is -6.54. The van der Waals surface area contributed by atoms with Crippen molar-refractivity contribution in [1.29, 1.82) is 0 Å². The Balaban J connectivity index is 2.61. The highest BCUT2D eigenvalue weighted by Crippen LogP contribution is 2.24. The molecule has 1 rings (SSSR count). The Kier molecular flexibility index (Phi) is 5.69. The van der Waals surface area contributed by atoms with E-state index < -0.39 is 49.0 Å². The van der Waals surface area contributed by atoms with Gasteiger partial charge in [-0.15, -0.1) is 0 Å². The maximum Gasteiger partial charge on any atom is 0.186 e. The smallest absolute Gasteiger partial charge is 0.186 e. The molecule has 0 radical (unpaired) electrons. The second-order valence-electron chi connectivity index (χ2n) is 5.66. The summed E-state index contributed by atoms with van der Waals surface area (Å²) in [6, 6.07) is 0. The van der Waals surface area contributed by atoms with Crippen LogP contribution in [0.15, 0.2) is 0 Å². The minimum absolute atomic E-state index is 0.308. The highest BCUT2D eigenvalue weighted by atomic mass is 16.7. The third-order valence-electron chi connectivity index (χ3n) is 3.00. The van der Waals surface area contributed by atoms with E-state index in [1.807, 2.05) is 0 Å². The largest absolute Gasteiger partial charge is 0.394 e.